The maximum atomic E-state index is 11.8. The molecule has 0 unspecified atom stereocenters. The Kier molecular flexibility index (Phi) is 4.46. The number of carbonyl (C=O) groups is 1. The maximum absolute atomic E-state index is 11.8. The molecule has 1 amide bonds. The monoisotopic (exact) mass is 282 g/mol. The van der Waals surface area contributed by atoms with E-state index < -0.39 is 4.92 Å². The summed E-state index contributed by atoms with van der Waals surface area (Å²) in [6.07, 6.45) is 2.71. The first-order valence-electron chi connectivity index (χ1n) is 6.35. The second-order valence-corrected chi connectivity index (χ2v) is 4.50. The highest BCUT2D eigenvalue weighted by Gasteiger charge is 2.09. The molecule has 0 saturated heterocycles. The van der Waals surface area contributed by atoms with Crippen LogP contribution in [0.5, 0.6) is 0 Å². The second-order valence-electron chi connectivity index (χ2n) is 4.50. The molecule has 106 valence electrons. The van der Waals surface area contributed by atoms with Crippen LogP contribution in [0.4, 0.5) is 11.4 Å². The van der Waals surface area contributed by atoms with Crippen molar-refractivity contribution in [1.29, 1.82) is 0 Å². The zero-order valence-corrected chi connectivity index (χ0v) is 11.4. The lowest BCUT2D eigenvalue weighted by Gasteiger charge is -2.02. The third-order valence-electron chi connectivity index (χ3n) is 2.87. The summed E-state index contributed by atoms with van der Waals surface area (Å²) in [5, 5.41) is 13.6. The van der Waals surface area contributed by atoms with Crippen molar-refractivity contribution in [1.82, 2.24) is 0 Å². The van der Waals surface area contributed by atoms with Gasteiger partial charge in [0.05, 0.1) is 10.5 Å². The number of carbonyl (C=O) groups excluding carboxylic acids is 1. The largest absolute Gasteiger partial charge is 0.323 e. The van der Waals surface area contributed by atoms with Gasteiger partial charge < -0.3 is 5.32 Å². The van der Waals surface area contributed by atoms with Crippen LogP contribution in [0, 0.1) is 17.0 Å². The highest BCUT2D eigenvalue weighted by Crippen LogP contribution is 2.19. The summed E-state index contributed by atoms with van der Waals surface area (Å²) in [6.45, 7) is 1.96. The number of anilines is 1. The predicted octanol–water partition coefficient (Wildman–Crippen LogP) is 3.56. The molecule has 0 bridgehead atoms. The number of nitro benzene ring substituents is 1. The van der Waals surface area contributed by atoms with Gasteiger partial charge in [-0.3, -0.25) is 14.9 Å². The van der Waals surface area contributed by atoms with E-state index >= 15 is 0 Å². The molecule has 0 spiro atoms. The molecular formula is C16H14N2O3. The van der Waals surface area contributed by atoms with Crippen molar-refractivity contribution in [3.8, 4) is 0 Å². The molecule has 2 aromatic rings. The molecule has 2 aromatic carbocycles. The fraction of sp³-hybridized carbons (Fsp3) is 0.0625. The number of para-hydroxylation sites is 1. The fourth-order valence-corrected chi connectivity index (χ4v) is 1.78. The molecule has 0 radical (unpaired) electrons. The van der Waals surface area contributed by atoms with Crippen molar-refractivity contribution in [3.63, 3.8) is 0 Å². The average Bonchev–Trinajstić information content (AvgIpc) is 2.48. The van der Waals surface area contributed by atoms with Gasteiger partial charge in [-0.2, -0.15) is 0 Å². The smallest absolute Gasteiger partial charge is 0.276 e. The fourth-order valence-electron chi connectivity index (χ4n) is 1.78. The lowest BCUT2D eigenvalue weighted by Crippen LogP contribution is -2.07. The van der Waals surface area contributed by atoms with Gasteiger partial charge >= 0.3 is 0 Å². The number of nitro groups is 1. The number of benzene rings is 2. The van der Waals surface area contributed by atoms with E-state index in [4.69, 9.17) is 0 Å². The van der Waals surface area contributed by atoms with Crippen LogP contribution >= 0.6 is 0 Å². The minimum atomic E-state index is -0.475. The standard InChI is InChI=1S/C16H14N2O3/c1-12-6-9-14(10-7-12)17-16(19)11-8-13-4-2-3-5-15(13)18(20)21/h2-11H,1H3,(H,17,19)/b11-8-. The number of amides is 1. The van der Waals surface area contributed by atoms with E-state index in [9.17, 15) is 14.9 Å². The quantitative estimate of drug-likeness (QED) is 0.529. The first kappa shape index (κ1) is 14.5. The topological polar surface area (TPSA) is 72.2 Å². The van der Waals surface area contributed by atoms with Gasteiger partial charge in [-0.05, 0) is 31.2 Å². The second kappa shape index (κ2) is 6.47. The zero-order valence-electron chi connectivity index (χ0n) is 11.4. The van der Waals surface area contributed by atoms with E-state index in [-0.39, 0.29) is 11.6 Å². The first-order valence-corrected chi connectivity index (χ1v) is 6.35. The molecule has 0 fully saturated rings. The summed E-state index contributed by atoms with van der Waals surface area (Å²) in [4.78, 5) is 22.2. The van der Waals surface area contributed by atoms with Crippen LogP contribution in [0.3, 0.4) is 0 Å². The van der Waals surface area contributed by atoms with Crippen molar-refractivity contribution in [2.24, 2.45) is 0 Å². The number of aryl methyl sites for hydroxylation is 1. The van der Waals surface area contributed by atoms with Gasteiger partial charge in [-0.15, -0.1) is 0 Å². The van der Waals surface area contributed by atoms with Crippen molar-refractivity contribution in [2.75, 3.05) is 5.32 Å². The molecule has 0 heterocycles. The predicted molar refractivity (Wildman–Crippen MR) is 81.9 cm³/mol. The summed E-state index contributed by atoms with van der Waals surface area (Å²) >= 11 is 0. The Labute approximate surface area is 122 Å². The Morgan fingerprint density at radius 1 is 1.14 bits per heavy atom. The minimum Gasteiger partial charge on any atom is -0.323 e. The Bertz CT molecular complexity index is 691. The van der Waals surface area contributed by atoms with Gasteiger partial charge in [0.15, 0.2) is 0 Å². The molecule has 1 N–H and O–H groups in total. The van der Waals surface area contributed by atoms with Gasteiger partial charge in [-0.1, -0.05) is 29.8 Å². The Morgan fingerprint density at radius 3 is 2.48 bits per heavy atom. The van der Waals surface area contributed by atoms with Crippen LogP contribution < -0.4 is 5.32 Å². The number of nitrogens with one attached hydrogen (secondary N) is 1. The third-order valence-corrected chi connectivity index (χ3v) is 2.87. The lowest BCUT2D eigenvalue weighted by molar-refractivity contribution is -0.385. The van der Waals surface area contributed by atoms with E-state index in [2.05, 4.69) is 5.32 Å². The molecule has 5 heteroatoms. The number of hydrogen-bond acceptors (Lipinski definition) is 3. The van der Waals surface area contributed by atoms with Gasteiger partial charge in [0.1, 0.15) is 0 Å². The summed E-state index contributed by atoms with van der Waals surface area (Å²) in [5.74, 6) is -0.336. The molecule has 0 aliphatic rings. The van der Waals surface area contributed by atoms with E-state index in [0.29, 0.717) is 11.3 Å². The van der Waals surface area contributed by atoms with E-state index in [1.54, 1.807) is 30.3 Å². The molecule has 0 aliphatic carbocycles. The van der Waals surface area contributed by atoms with Gasteiger partial charge in [0, 0.05) is 17.8 Å². The molecule has 2 rings (SSSR count). The third kappa shape index (κ3) is 4.01. The van der Waals surface area contributed by atoms with Crippen LogP contribution in [0.25, 0.3) is 6.08 Å². The van der Waals surface area contributed by atoms with Crippen LogP contribution in [0.15, 0.2) is 54.6 Å². The SMILES string of the molecule is Cc1ccc(NC(=O)/C=C\c2ccccc2[N+](=O)[O-])cc1. The van der Waals surface area contributed by atoms with E-state index in [1.807, 2.05) is 19.1 Å². The summed E-state index contributed by atoms with van der Waals surface area (Å²) in [7, 11) is 0. The summed E-state index contributed by atoms with van der Waals surface area (Å²) in [6, 6.07) is 13.6. The highest BCUT2D eigenvalue weighted by molar-refractivity contribution is 6.02. The van der Waals surface area contributed by atoms with Crippen molar-refractivity contribution >= 4 is 23.4 Å². The summed E-state index contributed by atoms with van der Waals surface area (Å²) < 4.78 is 0. The van der Waals surface area contributed by atoms with Crippen LogP contribution in [0.2, 0.25) is 0 Å². The Hall–Kier alpha value is -2.95. The van der Waals surface area contributed by atoms with Crippen LogP contribution in [0.1, 0.15) is 11.1 Å². The number of nitrogens with zero attached hydrogens (tertiary/aromatic N) is 1. The molecular weight excluding hydrogens is 268 g/mol. The maximum Gasteiger partial charge on any atom is 0.276 e. The Morgan fingerprint density at radius 2 is 1.81 bits per heavy atom. The van der Waals surface area contributed by atoms with Crippen molar-refractivity contribution in [3.05, 3.63) is 75.8 Å². The average molecular weight is 282 g/mol. The minimum absolute atomic E-state index is 0.0307. The molecule has 0 aliphatic heterocycles. The Balaban J connectivity index is 2.09. The molecule has 0 atom stereocenters. The van der Waals surface area contributed by atoms with Crippen molar-refractivity contribution < 1.29 is 9.72 Å². The van der Waals surface area contributed by atoms with Gasteiger partial charge in [0.25, 0.3) is 5.69 Å². The van der Waals surface area contributed by atoms with Crippen LogP contribution in [-0.4, -0.2) is 10.8 Å². The number of hydrogen-bond donors (Lipinski definition) is 1. The molecule has 0 saturated carbocycles. The molecule has 21 heavy (non-hydrogen) atoms. The van der Waals surface area contributed by atoms with Gasteiger partial charge in [0.2, 0.25) is 5.91 Å². The van der Waals surface area contributed by atoms with E-state index in [1.165, 1.54) is 18.2 Å². The van der Waals surface area contributed by atoms with Crippen LogP contribution in [-0.2, 0) is 4.79 Å². The molecule has 0 aromatic heterocycles. The normalized spacial score (nSPS) is 10.5. The zero-order chi connectivity index (χ0) is 15.2. The summed E-state index contributed by atoms with van der Waals surface area (Å²) in [5.41, 5.74) is 2.14. The van der Waals surface area contributed by atoms with Crippen molar-refractivity contribution in [2.45, 2.75) is 6.92 Å². The lowest BCUT2D eigenvalue weighted by atomic mass is 10.1. The van der Waals surface area contributed by atoms with Gasteiger partial charge in [-0.25, -0.2) is 0 Å². The number of rotatable bonds is 4. The molecule has 5 nitrogen and oxygen atoms in total. The van der Waals surface area contributed by atoms with E-state index in [0.717, 1.165) is 5.56 Å². The highest BCUT2D eigenvalue weighted by atomic mass is 16.6. The first-order chi connectivity index (χ1) is 10.1.